The third-order valence-electron chi connectivity index (χ3n) is 1.11. The van der Waals surface area contributed by atoms with Gasteiger partial charge >= 0.3 is 6.16 Å². The van der Waals surface area contributed by atoms with Crippen molar-refractivity contribution in [2.45, 2.75) is 6.61 Å². The van der Waals surface area contributed by atoms with Crippen LogP contribution in [0.4, 0.5) is 4.79 Å². The first-order valence-corrected chi connectivity index (χ1v) is 3.03. The predicted molar refractivity (Wildman–Crippen MR) is 37.1 cm³/mol. The lowest BCUT2D eigenvalue weighted by atomic mass is 10.3. The molecule has 0 radical (unpaired) electrons. The zero-order chi connectivity index (χ0) is 8.10. The zero-order valence-corrected chi connectivity index (χ0v) is 5.73. The minimum absolute atomic E-state index is 0.0812. The van der Waals surface area contributed by atoms with Gasteiger partial charge in [0, 0.05) is 12.4 Å². The molecule has 0 fully saturated rings. The Kier molecular flexibility index (Phi) is 2.43. The Bertz CT molecular complexity index is 235. The van der Waals surface area contributed by atoms with E-state index in [0.717, 1.165) is 5.56 Å². The van der Waals surface area contributed by atoms with E-state index >= 15 is 0 Å². The van der Waals surface area contributed by atoms with Gasteiger partial charge in [-0.05, 0) is 17.7 Å². The molecule has 4 nitrogen and oxygen atoms in total. The number of carbonyl (C=O) groups is 1. The van der Waals surface area contributed by atoms with Gasteiger partial charge in [-0.25, -0.2) is 4.79 Å². The number of hydrogen-bond donors (Lipinski definition) is 1. The molecule has 0 saturated heterocycles. The summed E-state index contributed by atoms with van der Waals surface area (Å²) in [6.07, 6.45) is 1.91. The summed E-state index contributed by atoms with van der Waals surface area (Å²) in [7, 11) is 0. The van der Waals surface area contributed by atoms with Gasteiger partial charge in [-0.2, -0.15) is 0 Å². The lowest BCUT2D eigenvalue weighted by Gasteiger charge is -1.98. The molecule has 0 aliphatic heterocycles. The number of carboxylic acid groups (broad SMARTS) is 1. The van der Waals surface area contributed by atoms with Gasteiger partial charge in [-0.3, -0.25) is 4.98 Å². The van der Waals surface area contributed by atoms with Gasteiger partial charge in [-0.15, -0.1) is 0 Å². The molecule has 0 atom stereocenters. The van der Waals surface area contributed by atoms with Crippen LogP contribution in [0.3, 0.4) is 0 Å². The second-order valence-corrected chi connectivity index (χ2v) is 1.91. The Balaban J connectivity index is 2.45. The first-order valence-electron chi connectivity index (χ1n) is 3.03. The van der Waals surface area contributed by atoms with Gasteiger partial charge < -0.3 is 9.84 Å². The third kappa shape index (κ3) is 2.66. The molecule has 4 heteroatoms. The van der Waals surface area contributed by atoms with E-state index < -0.39 is 6.16 Å². The molecule has 0 amide bonds. The SMILES string of the molecule is O=C(O)OCc1ccncc1. The van der Waals surface area contributed by atoms with E-state index in [0.29, 0.717) is 0 Å². The van der Waals surface area contributed by atoms with Gasteiger partial charge in [0.1, 0.15) is 6.61 Å². The minimum atomic E-state index is -1.26. The number of pyridine rings is 1. The van der Waals surface area contributed by atoms with E-state index in [1.807, 2.05) is 0 Å². The van der Waals surface area contributed by atoms with Crippen LogP contribution in [0.25, 0.3) is 0 Å². The highest BCUT2D eigenvalue weighted by Gasteiger charge is 1.96. The maximum atomic E-state index is 9.93. The maximum absolute atomic E-state index is 9.93. The number of hydrogen-bond acceptors (Lipinski definition) is 3. The molecule has 0 spiro atoms. The van der Waals surface area contributed by atoms with Gasteiger partial charge in [0.05, 0.1) is 0 Å². The fourth-order valence-electron chi connectivity index (χ4n) is 0.624. The summed E-state index contributed by atoms with van der Waals surface area (Å²) in [4.78, 5) is 13.7. The molecule has 58 valence electrons. The number of aromatic nitrogens is 1. The number of nitrogens with zero attached hydrogens (tertiary/aromatic N) is 1. The molecule has 0 aromatic carbocycles. The van der Waals surface area contributed by atoms with E-state index in [2.05, 4.69) is 9.72 Å². The van der Waals surface area contributed by atoms with Crippen molar-refractivity contribution in [2.24, 2.45) is 0 Å². The highest BCUT2D eigenvalue weighted by atomic mass is 16.7. The van der Waals surface area contributed by atoms with Crippen LogP contribution in [0, 0.1) is 0 Å². The Morgan fingerprint density at radius 3 is 2.73 bits per heavy atom. The van der Waals surface area contributed by atoms with E-state index in [-0.39, 0.29) is 6.61 Å². The lowest BCUT2D eigenvalue weighted by Crippen LogP contribution is -1.99. The van der Waals surface area contributed by atoms with Crippen LogP contribution in [0.1, 0.15) is 5.56 Å². The summed E-state index contributed by atoms with van der Waals surface area (Å²) >= 11 is 0. The maximum Gasteiger partial charge on any atom is 0.506 e. The molecule has 1 aromatic heterocycles. The van der Waals surface area contributed by atoms with Gasteiger partial charge in [0.15, 0.2) is 0 Å². The highest BCUT2D eigenvalue weighted by Crippen LogP contribution is 1.97. The normalized spacial score (nSPS) is 9.09. The van der Waals surface area contributed by atoms with Crippen molar-refractivity contribution in [1.29, 1.82) is 0 Å². The third-order valence-corrected chi connectivity index (χ3v) is 1.11. The van der Waals surface area contributed by atoms with Crippen molar-refractivity contribution in [1.82, 2.24) is 4.98 Å². The fourth-order valence-corrected chi connectivity index (χ4v) is 0.624. The smallest absolute Gasteiger partial charge is 0.450 e. The van der Waals surface area contributed by atoms with Gasteiger partial charge in [0.2, 0.25) is 0 Å². The molecular weight excluding hydrogens is 146 g/mol. The second-order valence-electron chi connectivity index (χ2n) is 1.91. The van der Waals surface area contributed by atoms with Crippen molar-refractivity contribution >= 4 is 6.16 Å². The molecular formula is C7H7NO3. The van der Waals surface area contributed by atoms with E-state index in [1.165, 1.54) is 0 Å². The molecule has 0 saturated carbocycles. The number of rotatable bonds is 2. The largest absolute Gasteiger partial charge is 0.506 e. The van der Waals surface area contributed by atoms with Crippen LogP contribution in [0.2, 0.25) is 0 Å². The van der Waals surface area contributed by atoms with Crippen molar-refractivity contribution < 1.29 is 14.6 Å². The average molecular weight is 153 g/mol. The Hall–Kier alpha value is -1.58. The summed E-state index contributed by atoms with van der Waals surface area (Å²) in [5.41, 5.74) is 0.794. The molecule has 0 aliphatic rings. The zero-order valence-electron chi connectivity index (χ0n) is 5.73. The van der Waals surface area contributed by atoms with E-state index in [1.54, 1.807) is 24.5 Å². The minimum Gasteiger partial charge on any atom is -0.450 e. The Morgan fingerprint density at radius 1 is 1.55 bits per heavy atom. The van der Waals surface area contributed by atoms with Crippen molar-refractivity contribution in [3.63, 3.8) is 0 Å². The summed E-state index contributed by atoms with van der Waals surface area (Å²) in [6, 6.07) is 3.39. The molecule has 11 heavy (non-hydrogen) atoms. The first kappa shape index (κ1) is 7.53. The first-order chi connectivity index (χ1) is 5.29. The predicted octanol–water partition coefficient (Wildman–Crippen LogP) is 1.28. The van der Waals surface area contributed by atoms with E-state index in [4.69, 9.17) is 5.11 Å². The van der Waals surface area contributed by atoms with Crippen LogP contribution in [-0.2, 0) is 11.3 Å². The summed E-state index contributed by atoms with van der Waals surface area (Å²) < 4.78 is 4.32. The van der Waals surface area contributed by atoms with Crippen molar-refractivity contribution in [3.05, 3.63) is 30.1 Å². The van der Waals surface area contributed by atoms with Crippen molar-refractivity contribution in [3.8, 4) is 0 Å². The van der Waals surface area contributed by atoms with Crippen LogP contribution in [-0.4, -0.2) is 16.2 Å². The Labute approximate surface area is 63.5 Å². The molecule has 1 rings (SSSR count). The highest BCUT2D eigenvalue weighted by molar-refractivity contribution is 5.56. The van der Waals surface area contributed by atoms with Gasteiger partial charge in [0.25, 0.3) is 0 Å². The van der Waals surface area contributed by atoms with Crippen LogP contribution in [0.5, 0.6) is 0 Å². The molecule has 1 aromatic rings. The monoisotopic (exact) mass is 153 g/mol. The lowest BCUT2D eigenvalue weighted by molar-refractivity contribution is 0.0853. The topological polar surface area (TPSA) is 59.4 Å². The van der Waals surface area contributed by atoms with Crippen LogP contribution in [0.15, 0.2) is 24.5 Å². The molecule has 1 N–H and O–H groups in total. The summed E-state index contributed by atoms with van der Waals surface area (Å²) in [5, 5.41) is 8.14. The fraction of sp³-hybridized carbons (Fsp3) is 0.143. The summed E-state index contributed by atoms with van der Waals surface area (Å²) in [5.74, 6) is 0. The van der Waals surface area contributed by atoms with Crippen LogP contribution >= 0.6 is 0 Å². The van der Waals surface area contributed by atoms with E-state index in [9.17, 15) is 4.79 Å². The van der Waals surface area contributed by atoms with Crippen molar-refractivity contribution in [2.75, 3.05) is 0 Å². The number of ether oxygens (including phenoxy) is 1. The molecule has 0 aliphatic carbocycles. The standard InChI is InChI=1S/C7H7NO3/c9-7(10)11-5-6-1-3-8-4-2-6/h1-4H,5H2,(H,9,10). The second kappa shape index (κ2) is 3.55. The molecule has 0 bridgehead atoms. The molecule has 0 unspecified atom stereocenters. The van der Waals surface area contributed by atoms with Crippen LogP contribution < -0.4 is 0 Å². The summed E-state index contributed by atoms with van der Waals surface area (Å²) in [6.45, 7) is 0.0812. The van der Waals surface area contributed by atoms with Gasteiger partial charge in [-0.1, -0.05) is 0 Å². The molecule has 1 heterocycles. The quantitative estimate of drug-likeness (QED) is 0.650. The Morgan fingerprint density at radius 2 is 2.18 bits per heavy atom. The average Bonchev–Trinajstić information content (AvgIpc) is 2.03.